The van der Waals surface area contributed by atoms with E-state index < -0.39 is 5.95 Å². The summed E-state index contributed by atoms with van der Waals surface area (Å²) < 4.78 is 13.4. The highest BCUT2D eigenvalue weighted by Gasteiger charge is 2.14. The smallest absolute Gasteiger partial charge is 0.224 e. The molecule has 0 spiro atoms. The Morgan fingerprint density at radius 1 is 1.06 bits per heavy atom. The van der Waals surface area contributed by atoms with Crippen LogP contribution in [-0.4, -0.2) is 11.3 Å². The van der Waals surface area contributed by atoms with Crippen molar-refractivity contribution in [3.8, 4) is 11.3 Å². The summed E-state index contributed by atoms with van der Waals surface area (Å²) in [4.78, 5) is 14.2. The van der Waals surface area contributed by atoms with E-state index in [1.165, 1.54) is 18.2 Å². The van der Waals surface area contributed by atoms with Gasteiger partial charge < -0.3 is 0 Å². The number of halogens is 4. The molecular weight excluding hydrogens is 299 g/mol. The molecule has 2 aromatic rings. The van der Waals surface area contributed by atoms with Crippen molar-refractivity contribution in [2.75, 3.05) is 0 Å². The van der Waals surface area contributed by atoms with Crippen molar-refractivity contribution < 1.29 is 9.18 Å². The first-order chi connectivity index (χ1) is 8.54. The molecule has 2 rings (SSSR count). The van der Waals surface area contributed by atoms with Crippen LogP contribution in [0, 0.1) is 5.95 Å². The van der Waals surface area contributed by atoms with Gasteiger partial charge in [0.15, 0.2) is 6.29 Å². The van der Waals surface area contributed by atoms with E-state index in [0.29, 0.717) is 16.9 Å². The van der Waals surface area contributed by atoms with E-state index in [1.54, 1.807) is 6.07 Å². The lowest BCUT2D eigenvalue weighted by molar-refractivity contribution is 0.111. The maximum Gasteiger partial charge on any atom is 0.224 e. The fraction of sp³-hybridized carbons (Fsp3) is 0. The second kappa shape index (κ2) is 5.22. The zero-order valence-electron chi connectivity index (χ0n) is 8.75. The van der Waals surface area contributed by atoms with Gasteiger partial charge in [0.25, 0.3) is 0 Å². The SMILES string of the molecule is O=Cc1ccc(-c2c(Cl)ccc(Cl)c2Cl)nc1F. The van der Waals surface area contributed by atoms with Crippen LogP contribution in [0.2, 0.25) is 15.1 Å². The van der Waals surface area contributed by atoms with Gasteiger partial charge in [0, 0.05) is 5.56 Å². The molecule has 0 radical (unpaired) electrons. The van der Waals surface area contributed by atoms with E-state index in [-0.39, 0.29) is 21.3 Å². The van der Waals surface area contributed by atoms with Crippen LogP contribution in [0.3, 0.4) is 0 Å². The first kappa shape index (κ1) is 13.3. The fourth-order valence-corrected chi connectivity index (χ4v) is 2.16. The maximum atomic E-state index is 13.4. The highest BCUT2D eigenvalue weighted by molar-refractivity contribution is 6.46. The number of pyridine rings is 1. The Bertz CT molecular complexity index is 631. The summed E-state index contributed by atoms with van der Waals surface area (Å²) in [6.07, 6.45) is 0.382. The Morgan fingerprint density at radius 2 is 1.72 bits per heavy atom. The van der Waals surface area contributed by atoms with Crippen LogP contribution in [0.1, 0.15) is 10.4 Å². The standard InChI is InChI=1S/C12H5Cl3FNO/c13-7-2-3-8(14)11(15)10(7)9-4-1-6(5-18)12(16)17-9/h1-5H. The zero-order valence-corrected chi connectivity index (χ0v) is 11.0. The molecule has 0 saturated heterocycles. The molecular formula is C12H5Cl3FNO. The van der Waals surface area contributed by atoms with Gasteiger partial charge in [-0.25, -0.2) is 4.98 Å². The molecule has 0 aliphatic carbocycles. The van der Waals surface area contributed by atoms with Crippen LogP contribution in [0.25, 0.3) is 11.3 Å². The van der Waals surface area contributed by atoms with Gasteiger partial charge in [-0.3, -0.25) is 4.79 Å². The molecule has 2 nitrogen and oxygen atoms in total. The van der Waals surface area contributed by atoms with Crippen molar-refractivity contribution in [3.63, 3.8) is 0 Å². The Balaban J connectivity index is 2.66. The minimum atomic E-state index is -0.880. The van der Waals surface area contributed by atoms with Gasteiger partial charge >= 0.3 is 0 Å². The Labute approximate surface area is 117 Å². The average Bonchev–Trinajstić information content (AvgIpc) is 2.35. The lowest BCUT2D eigenvalue weighted by atomic mass is 10.1. The molecule has 0 saturated carbocycles. The van der Waals surface area contributed by atoms with Crippen LogP contribution in [-0.2, 0) is 0 Å². The second-order valence-corrected chi connectivity index (χ2v) is 4.60. The number of carbonyl (C=O) groups is 1. The average molecular weight is 305 g/mol. The molecule has 1 aromatic carbocycles. The van der Waals surface area contributed by atoms with Gasteiger partial charge in [-0.05, 0) is 24.3 Å². The van der Waals surface area contributed by atoms with Gasteiger partial charge in [0.05, 0.1) is 26.3 Å². The Hall–Kier alpha value is -1.16. The second-order valence-electron chi connectivity index (χ2n) is 3.41. The van der Waals surface area contributed by atoms with Gasteiger partial charge in [-0.15, -0.1) is 0 Å². The number of aldehydes is 1. The third-order valence-electron chi connectivity index (χ3n) is 2.30. The van der Waals surface area contributed by atoms with Crippen molar-refractivity contribution in [1.29, 1.82) is 0 Å². The number of rotatable bonds is 2. The number of aromatic nitrogens is 1. The third-order valence-corrected chi connectivity index (χ3v) is 3.42. The van der Waals surface area contributed by atoms with Crippen LogP contribution < -0.4 is 0 Å². The maximum absolute atomic E-state index is 13.4. The minimum absolute atomic E-state index is 0.131. The van der Waals surface area contributed by atoms with E-state index in [0.717, 1.165) is 0 Å². The van der Waals surface area contributed by atoms with E-state index in [1.807, 2.05) is 0 Å². The number of nitrogens with zero attached hydrogens (tertiary/aromatic N) is 1. The van der Waals surface area contributed by atoms with Crippen LogP contribution in [0.5, 0.6) is 0 Å². The van der Waals surface area contributed by atoms with Crippen LogP contribution in [0.4, 0.5) is 4.39 Å². The quantitative estimate of drug-likeness (QED) is 0.459. The monoisotopic (exact) mass is 303 g/mol. The molecule has 0 atom stereocenters. The first-order valence-corrected chi connectivity index (χ1v) is 5.93. The van der Waals surface area contributed by atoms with Gasteiger partial charge in [0.1, 0.15) is 0 Å². The predicted molar refractivity (Wildman–Crippen MR) is 70.0 cm³/mol. The van der Waals surface area contributed by atoms with Crippen molar-refractivity contribution >= 4 is 41.1 Å². The molecule has 0 bridgehead atoms. The van der Waals surface area contributed by atoms with Crippen molar-refractivity contribution in [2.45, 2.75) is 0 Å². The lowest BCUT2D eigenvalue weighted by Gasteiger charge is -2.08. The number of hydrogen-bond acceptors (Lipinski definition) is 2. The summed E-state index contributed by atoms with van der Waals surface area (Å²) >= 11 is 17.9. The first-order valence-electron chi connectivity index (χ1n) is 4.80. The van der Waals surface area contributed by atoms with Crippen molar-refractivity contribution in [1.82, 2.24) is 4.98 Å². The summed E-state index contributed by atoms with van der Waals surface area (Å²) in [5, 5.41) is 0.780. The molecule has 0 amide bonds. The molecule has 0 N–H and O–H groups in total. The molecule has 1 heterocycles. The molecule has 6 heteroatoms. The highest BCUT2D eigenvalue weighted by Crippen LogP contribution is 2.38. The van der Waals surface area contributed by atoms with E-state index in [4.69, 9.17) is 34.8 Å². The molecule has 0 fully saturated rings. The van der Waals surface area contributed by atoms with Crippen molar-refractivity contribution in [3.05, 3.63) is 50.8 Å². The van der Waals surface area contributed by atoms with Crippen LogP contribution >= 0.6 is 34.8 Å². The highest BCUT2D eigenvalue weighted by atomic mass is 35.5. The summed E-state index contributed by atoms with van der Waals surface area (Å²) in [6, 6.07) is 5.83. The molecule has 92 valence electrons. The van der Waals surface area contributed by atoms with E-state index in [9.17, 15) is 9.18 Å². The molecule has 0 aliphatic heterocycles. The van der Waals surface area contributed by atoms with Gasteiger partial charge in [0.2, 0.25) is 5.95 Å². The summed E-state index contributed by atoms with van der Waals surface area (Å²) in [7, 11) is 0. The molecule has 0 aliphatic rings. The van der Waals surface area contributed by atoms with Crippen molar-refractivity contribution in [2.24, 2.45) is 0 Å². The predicted octanol–water partition coefficient (Wildman–Crippen LogP) is 4.66. The third kappa shape index (κ3) is 2.34. The van der Waals surface area contributed by atoms with Gasteiger partial charge in [-0.2, -0.15) is 4.39 Å². The summed E-state index contributed by atoms with van der Waals surface area (Å²) in [6.45, 7) is 0. The van der Waals surface area contributed by atoms with E-state index >= 15 is 0 Å². The normalized spacial score (nSPS) is 10.4. The number of benzene rings is 1. The molecule has 0 unspecified atom stereocenters. The summed E-state index contributed by atoms with van der Waals surface area (Å²) in [5.74, 6) is -0.880. The lowest BCUT2D eigenvalue weighted by Crippen LogP contribution is -1.95. The molecule has 18 heavy (non-hydrogen) atoms. The fourth-order valence-electron chi connectivity index (χ4n) is 1.43. The molecule has 1 aromatic heterocycles. The summed E-state index contributed by atoms with van der Waals surface area (Å²) in [5.41, 5.74) is 0.422. The number of hydrogen-bond donors (Lipinski definition) is 0. The topological polar surface area (TPSA) is 30.0 Å². The zero-order chi connectivity index (χ0) is 13.3. The minimum Gasteiger partial charge on any atom is -0.298 e. The largest absolute Gasteiger partial charge is 0.298 e. The number of carbonyl (C=O) groups excluding carboxylic acids is 1. The Kier molecular flexibility index (Phi) is 3.85. The Morgan fingerprint density at radius 3 is 2.33 bits per heavy atom. The van der Waals surface area contributed by atoms with Crippen LogP contribution in [0.15, 0.2) is 24.3 Å². The van der Waals surface area contributed by atoms with Gasteiger partial charge in [-0.1, -0.05) is 34.8 Å². The van der Waals surface area contributed by atoms with E-state index in [2.05, 4.69) is 4.98 Å².